The fourth-order valence-corrected chi connectivity index (χ4v) is 3.91. The maximum Gasteiger partial charge on any atom is 0.161 e. The van der Waals surface area contributed by atoms with Crippen LogP contribution in [0, 0.1) is 0 Å². The minimum absolute atomic E-state index is 0.264. The lowest BCUT2D eigenvalue weighted by molar-refractivity contribution is 0.311. The van der Waals surface area contributed by atoms with Crippen LogP contribution in [0.3, 0.4) is 0 Å². The monoisotopic (exact) mass is 501 g/mol. The first-order valence-electron chi connectivity index (χ1n) is 12.6. The average Bonchev–Trinajstić information content (AvgIpc) is 2.83. The van der Waals surface area contributed by atoms with Crippen molar-refractivity contribution in [2.75, 3.05) is 13.7 Å². The number of rotatable bonds is 7. The Bertz CT molecular complexity index is 1230. The Labute approximate surface area is 221 Å². The highest BCUT2D eigenvalue weighted by atomic mass is 16.5. The van der Waals surface area contributed by atoms with Gasteiger partial charge in [0.1, 0.15) is 5.75 Å². The second-order valence-electron chi connectivity index (χ2n) is 10.9. The number of methoxy groups -OCH3 is 1. The predicted molar refractivity (Wildman–Crippen MR) is 153 cm³/mol. The summed E-state index contributed by atoms with van der Waals surface area (Å²) in [7, 11) is 1.62. The molecule has 3 aromatic rings. The summed E-state index contributed by atoms with van der Waals surface area (Å²) in [6.45, 7) is 15.1. The zero-order valence-corrected chi connectivity index (χ0v) is 23.2. The van der Waals surface area contributed by atoms with Gasteiger partial charge in [0.2, 0.25) is 0 Å². The number of phenols is 1. The van der Waals surface area contributed by atoms with Crippen molar-refractivity contribution in [3.05, 3.63) is 82.9 Å². The van der Waals surface area contributed by atoms with E-state index in [-0.39, 0.29) is 10.8 Å². The number of benzene rings is 3. The molecule has 6 nitrogen and oxygen atoms in total. The third-order valence-corrected chi connectivity index (χ3v) is 5.87. The summed E-state index contributed by atoms with van der Waals surface area (Å²) in [5, 5.41) is 15.7. The van der Waals surface area contributed by atoms with E-state index in [2.05, 4.69) is 52.1 Å². The Morgan fingerprint density at radius 2 is 1.51 bits per heavy atom. The molecular formula is C31H39N3O3. The Kier molecular flexibility index (Phi) is 8.64. The lowest BCUT2D eigenvalue weighted by Crippen LogP contribution is -2.23. The molecule has 0 atom stereocenters. The van der Waals surface area contributed by atoms with Gasteiger partial charge in [0.15, 0.2) is 17.3 Å². The molecular weight excluding hydrogens is 462 g/mol. The molecule has 0 saturated carbocycles. The molecule has 0 amide bonds. The molecule has 0 radical (unpaired) electrons. The maximum atomic E-state index is 11.2. The van der Waals surface area contributed by atoms with E-state index < -0.39 is 0 Å². The third kappa shape index (κ3) is 7.13. The van der Waals surface area contributed by atoms with Crippen LogP contribution in [0.2, 0.25) is 0 Å². The van der Waals surface area contributed by atoms with Gasteiger partial charge < -0.3 is 14.6 Å². The molecule has 0 unspecified atom stereocenters. The second kappa shape index (κ2) is 11.5. The molecule has 0 spiro atoms. The van der Waals surface area contributed by atoms with E-state index in [0.717, 1.165) is 27.9 Å². The van der Waals surface area contributed by atoms with Gasteiger partial charge in [-0.15, -0.1) is 0 Å². The molecule has 0 bridgehead atoms. The summed E-state index contributed by atoms with van der Waals surface area (Å²) >= 11 is 0. The minimum Gasteiger partial charge on any atom is -0.507 e. The van der Waals surface area contributed by atoms with E-state index in [9.17, 15) is 5.11 Å². The summed E-state index contributed by atoms with van der Waals surface area (Å²) in [5.74, 6) is 2.24. The van der Waals surface area contributed by atoms with Crippen LogP contribution in [0.15, 0.2) is 70.8 Å². The Hall–Kier alpha value is -3.80. The van der Waals surface area contributed by atoms with Crippen molar-refractivity contribution in [3.63, 3.8) is 0 Å². The van der Waals surface area contributed by atoms with Crippen LogP contribution >= 0.6 is 0 Å². The molecule has 0 fully saturated rings. The molecule has 0 aliphatic heterocycles. The number of amidine groups is 1. The number of ether oxygens (including phenoxy) is 2. The number of nitrogens with zero attached hydrogens (tertiary/aromatic N) is 2. The molecule has 0 heterocycles. The van der Waals surface area contributed by atoms with Gasteiger partial charge in [-0.05, 0) is 65.8 Å². The van der Waals surface area contributed by atoms with Crippen LogP contribution in [0.5, 0.6) is 17.2 Å². The van der Waals surface area contributed by atoms with Crippen molar-refractivity contribution < 1.29 is 14.6 Å². The number of para-hydroxylation sites is 1. The minimum atomic E-state index is -0.264. The highest BCUT2D eigenvalue weighted by molar-refractivity contribution is 6.01. The van der Waals surface area contributed by atoms with Crippen molar-refractivity contribution in [2.45, 2.75) is 59.3 Å². The Morgan fingerprint density at radius 1 is 0.892 bits per heavy atom. The largest absolute Gasteiger partial charge is 0.507 e. The zero-order valence-electron chi connectivity index (χ0n) is 23.2. The number of aromatic hydroxyl groups is 1. The van der Waals surface area contributed by atoms with Crippen LogP contribution in [0.25, 0.3) is 0 Å². The highest BCUT2D eigenvalue weighted by Crippen LogP contribution is 2.40. The van der Waals surface area contributed by atoms with Gasteiger partial charge in [0, 0.05) is 16.7 Å². The molecule has 2 N–H and O–H groups in total. The smallest absolute Gasteiger partial charge is 0.161 e. The number of phenolic OH excluding ortho intramolecular Hbond substituents is 1. The predicted octanol–water partition coefficient (Wildman–Crippen LogP) is 7.10. The molecule has 0 saturated heterocycles. The van der Waals surface area contributed by atoms with Crippen LogP contribution in [-0.4, -0.2) is 30.9 Å². The van der Waals surface area contributed by atoms with E-state index in [1.807, 2.05) is 67.6 Å². The third-order valence-electron chi connectivity index (χ3n) is 5.87. The summed E-state index contributed by atoms with van der Waals surface area (Å²) in [6, 6.07) is 19.4. The highest BCUT2D eigenvalue weighted by Gasteiger charge is 2.27. The van der Waals surface area contributed by atoms with Gasteiger partial charge >= 0.3 is 0 Å². The fourth-order valence-electron chi connectivity index (χ4n) is 3.91. The summed E-state index contributed by atoms with van der Waals surface area (Å²) in [6.07, 6.45) is 1.72. The molecule has 0 aliphatic rings. The molecule has 37 heavy (non-hydrogen) atoms. The van der Waals surface area contributed by atoms with E-state index >= 15 is 0 Å². The number of hydrogen-bond acceptors (Lipinski definition) is 5. The van der Waals surface area contributed by atoms with E-state index in [4.69, 9.17) is 14.5 Å². The fraction of sp³-hybridized carbons (Fsp3) is 0.355. The van der Waals surface area contributed by atoms with E-state index in [1.54, 1.807) is 13.3 Å². The van der Waals surface area contributed by atoms with E-state index in [1.165, 1.54) is 0 Å². The van der Waals surface area contributed by atoms with Gasteiger partial charge in [0.25, 0.3) is 0 Å². The van der Waals surface area contributed by atoms with Gasteiger partial charge in [-0.3, -0.25) is 5.43 Å². The van der Waals surface area contributed by atoms with Gasteiger partial charge in [-0.2, -0.15) is 5.10 Å². The van der Waals surface area contributed by atoms with Crippen molar-refractivity contribution in [2.24, 2.45) is 10.1 Å². The standard InChI is InChI=1S/C31H39N3O3/c1-9-37-26-16-15-21(17-27(26)36-8)20-32-34-29(33-23-13-11-10-12-14-23)22-18-24(30(2,3)4)28(35)25(19-22)31(5,6)7/h10-20,35H,9H2,1-8H3,(H,33,34). The lowest BCUT2D eigenvalue weighted by Gasteiger charge is -2.28. The SMILES string of the molecule is CCOc1ccc(C=NNC(=Nc2ccccc2)c2cc(C(C)(C)C)c(O)c(C(C)(C)C)c2)cc1OC. The zero-order chi connectivity index (χ0) is 27.2. The van der Waals surface area contributed by atoms with Crippen molar-refractivity contribution in [3.8, 4) is 17.2 Å². The van der Waals surface area contributed by atoms with Crippen LogP contribution in [-0.2, 0) is 10.8 Å². The molecule has 3 aromatic carbocycles. The van der Waals surface area contributed by atoms with Gasteiger partial charge in [0.05, 0.1) is 25.6 Å². The first kappa shape index (κ1) is 27.8. The normalized spacial score (nSPS) is 12.6. The second-order valence-corrected chi connectivity index (χ2v) is 10.9. The van der Waals surface area contributed by atoms with E-state index in [0.29, 0.717) is 29.7 Å². The quantitative estimate of drug-likeness (QED) is 0.206. The van der Waals surface area contributed by atoms with Crippen molar-refractivity contribution in [1.82, 2.24) is 5.43 Å². The first-order valence-corrected chi connectivity index (χ1v) is 12.6. The molecule has 0 aliphatic carbocycles. The molecule has 196 valence electrons. The Morgan fingerprint density at radius 3 is 2.05 bits per heavy atom. The number of hydrazone groups is 1. The van der Waals surface area contributed by atoms with Crippen molar-refractivity contribution in [1.29, 1.82) is 0 Å². The molecule has 6 heteroatoms. The topological polar surface area (TPSA) is 75.4 Å². The maximum absolute atomic E-state index is 11.2. The van der Waals surface area contributed by atoms with Crippen LogP contribution < -0.4 is 14.9 Å². The lowest BCUT2D eigenvalue weighted by atomic mass is 9.78. The number of aliphatic imine (C=N–C) groups is 1. The summed E-state index contributed by atoms with van der Waals surface area (Å²) < 4.78 is 11.1. The Balaban J connectivity index is 2.08. The van der Waals surface area contributed by atoms with Crippen LogP contribution in [0.4, 0.5) is 5.69 Å². The van der Waals surface area contributed by atoms with Crippen molar-refractivity contribution >= 4 is 17.7 Å². The van der Waals surface area contributed by atoms with Gasteiger partial charge in [-0.25, -0.2) is 4.99 Å². The molecule has 3 rings (SSSR count). The average molecular weight is 502 g/mol. The number of hydrogen-bond donors (Lipinski definition) is 2. The summed E-state index contributed by atoms with van der Waals surface area (Å²) in [5.41, 5.74) is 6.84. The summed E-state index contributed by atoms with van der Waals surface area (Å²) in [4.78, 5) is 4.87. The van der Waals surface area contributed by atoms with Crippen LogP contribution in [0.1, 0.15) is 70.7 Å². The first-order chi connectivity index (χ1) is 17.4. The molecule has 0 aromatic heterocycles. The van der Waals surface area contributed by atoms with Gasteiger partial charge in [-0.1, -0.05) is 59.7 Å². The number of nitrogens with one attached hydrogen (secondary N) is 1.